The molecule has 0 aliphatic carbocycles. The van der Waals surface area contributed by atoms with E-state index in [1.165, 1.54) is 4.90 Å². The summed E-state index contributed by atoms with van der Waals surface area (Å²) < 4.78 is 0. The zero-order valence-electron chi connectivity index (χ0n) is 12.6. The molecule has 0 spiro atoms. The lowest BCUT2D eigenvalue weighted by atomic mass is 10.3. The number of halogens is 1. The summed E-state index contributed by atoms with van der Waals surface area (Å²) in [6.45, 7) is 3.03. The summed E-state index contributed by atoms with van der Waals surface area (Å²) >= 11 is 5.89. The predicted octanol–water partition coefficient (Wildman–Crippen LogP) is 1.47. The molecule has 116 valence electrons. The summed E-state index contributed by atoms with van der Waals surface area (Å²) in [6.07, 6.45) is 2.42. The molecule has 7 heteroatoms. The van der Waals surface area contributed by atoms with Crippen molar-refractivity contribution in [3.8, 4) is 0 Å². The Hall–Kier alpha value is -1.66. The third-order valence-corrected chi connectivity index (χ3v) is 3.10. The molecular formula is C14H21ClN4O2. The second-order valence-electron chi connectivity index (χ2n) is 4.89. The van der Waals surface area contributed by atoms with Gasteiger partial charge in [-0.05, 0) is 25.1 Å². The summed E-state index contributed by atoms with van der Waals surface area (Å²) in [4.78, 5) is 31.0. The van der Waals surface area contributed by atoms with Gasteiger partial charge in [-0.2, -0.15) is 0 Å². The van der Waals surface area contributed by atoms with Crippen LogP contribution in [-0.2, 0) is 9.59 Å². The van der Waals surface area contributed by atoms with Gasteiger partial charge in [-0.3, -0.25) is 14.5 Å². The van der Waals surface area contributed by atoms with Crippen LogP contribution in [0.15, 0.2) is 18.3 Å². The van der Waals surface area contributed by atoms with Gasteiger partial charge in [0.1, 0.15) is 0 Å². The molecule has 0 unspecified atom stereocenters. The first kappa shape index (κ1) is 17.4. The fourth-order valence-corrected chi connectivity index (χ4v) is 1.90. The molecule has 21 heavy (non-hydrogen) atoms. The van der Waals surface area contributed by atoms with Gasteiger partial charge in [0, 0.05) is 20.3 Å². The molecule has 0 aliphatic rings. The van der Waals surface area contributed by atoms with Gasteiger partial charge >= 0.3 is 0 Å². The summed E-state index contributed by atoms with van der Waals surface area (Å²) in [6, 6.07) is 3.38. The highest BCUT2D eigenvalue weighted by atomic mass is 35.5. The molecule has 0 saturated carbocycles. The van der Waals surface area contributed by atoms with Crippen LogP contribution in [0.2, 0.25) is 5.15 Å². The van der Waals surface area contributed by atoms with E-state index in [9.17, 15) is 9.59 Å². The molecule has 1 aromatic rings. The standard InChI is InChI=1S/C14H21ClN4O2/c1-4-8-19(10-13(21)18(2)3)9-12(20)17-11-6-5-7-16-14(11)15/h5-7H,4,8-10H2,1-3H3,(H,17,20). The number of hydrogen-bond donors (Lipinski definition) is 1. The van der Waals surface area contributed by atoms with Crippen molar-refractivity contribution in [1.82, 2.24) is 14.8 Å². The number of carbonyl (C=O) groups excluding carboxylic acids is 2. The van der Waals surface area contributed by atoms with Crippen molar-refractivity contribution in [2.45, 2.75) is 13.3 Å². The van der Waals surface area contributed by atoms with Crippen LogP contribution < -0.4 is 5.32 Å². The molecule has 6 nitrogen and oxygen atoms in total. The quantitative estimate of drug-likeness (QED) is 0.774. The molecule has 2 amide bonds. The summed E-state index contributed by atoms with van der Waals surface area (Å²) in [5, 5.41) is 2.95. The molecule has 1 rings (SSSR count). The third kappa shape index (κ3) is 6.10. The third-order valence-electron chi connectivity index (χ3n) is 2.80. The van der Waals surface area contributed by atoms with Crippen molar-refractivity contribution in [3.05, 3.63) is 23.5 Å². The maximum absolute atomic E-state index is 12.0. The Kier molecular flexibility index (Phi) is 7.11. The first-order chi connectivity index (χ1) is 9.93. The van der Waals surface area contributed by atoms with E-state index < -0.39 is 0 Å². The minimum absolute atomic E-state index is 0.0318. The highest BCUT2D eigenvalue weighted by Crippen LogP contribution is 2.17. The van der Waals surface area contributed by atoms with Crippen molar-refractivity contribution in [2.24, 2.45) is 0 Å². The number of rotatable bonds is 7. The van der Waals surface area contributed by atoms with Gasteiger partial charge in [-0.25, -0.2) is 4.98 Å². The van der Waals surface area contributed by atoms with Crippen molar-refractivity contribution in [1.29, 1.82) is 0 Å². The number of anilines is 1. The molecule has 1 N–H and O–H groups in total. The van der Waals surface area contributed by atoms with Gasteiger partial charge < -0.3 is 10.2 Å². The topological polar surface area (TPSA) is 65.5 Å². The zero-order valence-corrected chi connectivity index (χ0v) is 13.4. The number of aromatic nitrogens is 1. The van der Waals surface area contributed by atoms with Crippen LogP contribution >= 0.6 is 11.6 Å². The first-order valence-electron chi connectivity index (χ1n) is 6.77. The van der Waals surface area contributed by atoms with Crippen molar-refractivity contribution < 1.29 is 9.59 Å². The predicted molar refractivity (Wildman–Crippen MR) is 83.3 cm³/mol. The lowest BCUT2D eigenvalue weighted by molar-refractivity contribution is -0.130. The Labute approximate surface area is 130 Å². The number of hydrogen-bond acceptors (Lipinski definition) is 4. The van der Waals surface area contributed by atoms with Crippen molar-refractivity contribution in [3.63, 3.8) is 0 Å². The number of pyridine rings is 1. The van der Waals surface area contributed by atoms with E-state index in [1.54, 1.807) is 32.4 Å². The van der Waals surface area contributed by atoms with Crippen LogP contribution in [0.25, 0.3) is 0 Å². The monoisotopic (exact) mass is 312 g/mol. The zero-order chi connectivity index (χ0) is 15.8. The maximum Gasteiger partial charge on any atom is 0.238 e. The smallest absolute Gasteiger partial charge is 0.238 e. The van der Waals surface area contributed by atoms with E-state index in [4.69, 9.17) is 11.6 Å². The van der Waals surface area contributed by atoms with Crippen molar-refractivity contribution in [2.75, 3.05) is 39.0 Å². The van der Waals surface area contributed by atoms with E-state index in [1.807, 2.05) is 11.8 Å². The molecule has 1 aromatic heterocycles. The SMILES string of the molecule is CCCN(CC(=O)Nc1cccnc1Cl)CC(=O)N(C)C. The lowest BCUT2D eigenvalue weighted by Gasteiger charge is -2.22. The molecule has 0 radical (unpaired) electrons. The van der Waals surface area contributed by atoms with E-state index in [0.717, 1.165) is 6.42 Å². The molecule has 0 atom stereocenters. The van der Waals surface area contributed by atoms with E-state index >= 15 is 0 Å². The number of nitrogens with one attached hydrogen (secondary N) is 1. The second kappa shape index (κ2) is 8.59. The van der Waals surface area contributed by atoms with Gasteiger partial charge in [-0.1, -0.05) is 18.5 Å². The van der Waals surface area contributed by atoms with Crippen molar-refractivity contribution >= 4 is 29.1 Å². The lowest BCUT2D eigenvalue weighted by Crippen LogP contribution is -2.41. The minimum Gasteiger partial charge on any atom is -0.348 e. The van der Waals surface area contributed by atoms with Gasteiger partial charge in [0.25, 0.3) is 0 Å². The normalized spacial score (nSPS) is 10.5. The number of carbonyl (C=O) groups is 2. The van der Waals surface area contributed by atoms with Crippen LogP contribution in [0, 0.1) is 0 Å². The average molecular weight is 313 g/mol. The van der Waals surface area contributed by atoms with E-state index in [0.29, 0.717) is 12.2 Å². The van der Waals surface area contributed by atoms with Crippen LogP contribution in [0.1, 0.15) is 13.3 Å². The summed E-state index contributed by atoms with van der Waals surface area (Å²) in [7, 11) is 3.39. The van der Waals surface area contributed by atoms with E-state index in [2.05, 4.69) is 10.3 Å². The molecule has 0 aliphatic heterocycles. The Bertz CT molecular complexity index is 494. The number of nitrogens with zero attached hydrogens (tertiary/aromatic N) is 3. The molecule has 0 fully saturated rings. The largest absolute Gasteiger partial charge is 0.348 e. The van der Waals surface area contributed by atoms with Gasteiger partial charge in [0.05, 0.1) is 18.8 Å². The fourth-order valence-electron chi connectivity index (χ4n) is 1.74. The molecular weight excluding hydrogens is 292 g/mol. The molecule has 0 bridgehead atoms. The first-order valence-corrected chi connectivity index (χ1v) is 7.14. The van der Waals surface area contributed by atoms with Crippen LogP contribution in [0.4, 0.5) is 5.69 Å². The Morgan fingerprint density at radius 1 is 1.33 bits per heavy atom. The Morgan fingerprint density at radius 3 is 2.62 bits per heavy atom. The molecule has 0 saturated heterocycles. The van der Waals surface area contributed by atoms with Crippen LogP contribution in [-0.4, -0.2) is 60.3 Å². The van der Waals surface area contributed by atoms with Crippen LogP contribution in [0.5, 0.6) is 0 Å². The summed E-state index contributed by atoms with van der Waals surface area (Å²) in [5.41, 5.74) is 0.472. The maximum atomic E-state index is 12.0. The van der Waals surface area contributed by atoms with Gasteiger partial charge in [-0.15, -0.1) is 0 Å². The molecule has 1 heterocycles. The van der Waals surface area contributed by atoms with Crippen LogP contribution in [0.3, 0.4) is 0 Å². The Balaban J connectivity index is 2.60. The minimum atomic E-state index is -0.218. The second-order valence-corrected chi connectivity index (χ2v) is 5.25. The van der Waals surface area contributed by atoms with Gasteiger partial charge in [0.2, 0.25) is 11.8 Å². The van der Waals surface area contributed by atoms with Gasteiger partial charge in [0.15, 0.2) is 5.15 Å². The van der Waals surface area contributed by atoms with E-state index in [-0.39, 0.29) is 30.1 Å². The Morgan fingerprint density at radius 2 is 2.05 bits per heavy atom. The molecule has 0 aromatic carbocycles. The number of amides is 2. The summed E-state index contributed by atoms with van der Waals surface area (Å²) in [5.74, 6) is -0.249. The highest BCUT2D eigenvalue weighted by Gasteiger charge is 2.15. The fraction of sp³-hybridized carbons (Fsp3) is 0.500. The highest BCUT2D eigenvalue weighted by molar-refractivity contribution is 6.32. The average Bonchev–Trinajstić information content (AvgIpc) is 2.41. The number of likely N-dealkylation sites (N-methyl/N-ethyl adjacent to an activating group) is 1.